The third-order valence-corrected chi connectivity index (χ3v) is 4.58. The van der Waals surface area contributed by atoms with Gasteiger partial charge in [-0.05, 0) is 41.5 Å². The smallest absolute Gasteiger partial charge is 0.231 e. The summed E-state index contributed by atoms with van der Waals surface area (Å²) < 4.78 is 22.3. The molecule has 0 fully saturated rings. The minimum atomic E-state index is -0.151. The van der Waals surface area contributed by atoms with Gasteiger partial charge in [-0.15, -0.1) is 0 Å². The predicted octanol–water partition coefficient (Wildman–Crippen LogP) is 4.61. The normalized spacial score (nSPS) is 15.4. The molecule has 5 heteroatoms. The van der Waals surface area contributed by atoms with Gasteiger partial charge in [-0.25, -0.2) is 0 Å². The van der Waals surface area contributed by atoms with Crippen LogP contribution in [-0.4, -0.2) is 12.6 Å². The molecular formula is C23H16O5. The summed E-state index contributed by atoms with van der Waals surface area (Å²) in [5, 5.41) is 0. The van der Waals surface area contributed by atoms with E-state index in [0.29, 0.717) is 35.2 Å². The molecule has 28 heavy (non-hydrogen) atoms. The summed E-state index contributed by atoms with van der Waals surface area (Å²) in [5.74, 6) is 2.64. The van der Waals surface area contributed by atoms with Crippen molar-refractivity contribution in [2.75, 3.05) is 6.79 Å². The van der Waals surface area contributed by atoms with E-state index < -0.39 is 0 Å². The highest BCUT2D eigenvalue weighted by molar-refractivity contribution is 6.14. The summed E-state index contributed by atoms with van der Waals surface area (Å²) in [5.41, 5.74) is 2.41. The average molecular weight is 372 g/mol. The molecule has 2 aliphatic heterocycles. The molecule has 0 unspecified atom stereocenters. The van der Waals surface area contributed by atoms with Crippen LogP contribution in [0.3, 0.4) is 0 Å². The number of Topliss-reactive ketones (excluding diaryl/α,β-unsaturated/α-hetero) is 1. The summed E-state index contributed by atoms with van der Waals surface area (Å²) in [4.78, 5) is 12.6. The van der Waals surface area contributed by atoms with Crippen LogP contribution in [0.15, 0.2) is 72.5 Å². The quantitative estimate of drug-likeness (QED) is 0.626. The zero-order valence-electron chi connectivity index (χ0n) is 14.9. The summed E-state index contributed by atoms with van der Waals surface area (Å²) in [7, 11) is 0. The maximum atomic E-state index is 12.6. The van der Waals surface area contributed by atoms with Crippen LogP contribution in [0.5, 0.6) is 23.0 Å². The maximum Gasteiger partial charge on any atom is 0.231 e. The van der Waals surface area contributed by atoms with Gasteiger partial charge in [0.05, 0.1) is 5.56 Å². The number of carbonyl (C=O) groups excluding carboxylic acids is 1. The van der Waals surface area contributed by atoms with Gasteiger partial charge in [0.15, 0.2) is 17.3 Å². The second-order valence-electron chi connectivity index (χ2n) is 6.48. The topological polar surface area (TPSA) is 54.0 Å². The third kappa shape index (κ3) is 3.07. The number of allylic oxidation sites excluding steroid dienone is 1. The second kappa shape index (κ2) is 6.78. The Balaban J connectivity index is 1.35. The van der Waals surface area contributed by atoms with E-state index in [9.17, 15) is 4.79 Å². The number of hydrogen-bond acceptors (Lipinski definition) is 5. The minimum absolute atomic E-state index is 0.151. The van der Waals surface area contributed by atoms with Crippen LogP contribution >= 0.6 is 0 Å². The Morgan fingerprint density at radius 2 is 1.75 bits per heavy atom. The number of benzene rings is 3. The fourth-order valence-corrected chi connectivity index (χ4v) is 3.15. The highest BCUT2D eigenvalue weighted by Crippen LogP contribution is 2.37. The molecule has 0 saturated carbocycles. The van der Waals surface area contributed by atoms with E-state index in [1.807, 2.05) is 48.5 Å². The first-order valence-corrected chi connectivity index (χ1v) is 8.91. The van der Waals surface area contributed by atoms with E-state index in [1.165, 1.54) is 0 Å². The van der Waals surface area contributed by atoms with Gasteiger partial charge in [-0.1, -0.05) is 36.4 Å². The van der Waals surface area contributed by atoms with Gasteiger partial charge in [0, 0.05) is 6.07 Å². The zero-order valence-corrected chi connectivity index (χ0v) is 14.9. The van der Waals surface area contributed by atoms with Crippen molar-refractivity contribution in [3.8, 4) is 23.0 Å². The summed E-state index contributed by atoms with van der Waals surface area (Å²) in [6, 6.07) is 20.7. The summed E-state index contributed by atoms with van der Waals surface area (Å²) in [6.45, 7) is 0.662. The van der Waals surface area contributed by atoms with Crippen LogP contribution in [0, 0.1) is 0 Å². The minimum Gasteiger partial charge on any atom is -0.489 e. The average Bonchev–Trinajstić information content (AvgIpc) is 3.31. The standard InChI is InChI=1S/C23H16O5/c24-23-18-8-7-17(25-13-15-4-2-1-3-5-15)12-20(18)28-22(23)11-16-6-9-19-21(10-16)27-14-26-19/h1-12H,13-14H2/b22-11-. The SMILES string of the molecule is O=C1/C(=C/c2ccc3c(c2)OCO3)Oc2cc(OCc3ccccc3)ccc21. The lowest BCUT2D eigenvalue weighted by Crippen LogP contribution is -1.98. The Labute approximate surface area is 161 Å². The summed E-state index contributed by atoms with van der Waals surface area (Å²) >= 11 is 0. The van der Waals surface area contributed by atoms with Gasteiger partial charge in [0.2, 0.25) is 12.6 Å². The number of ether oxygens (including phenoxy) is 4. The molecule has 138 valence electrons. The third-order valence-electron chi connectivity index (χ3n) is 4.58. The van der Waals surface area contributed by atoms with Crippen molar-refractivity contribution in [1.82, 2.24) is 0 Å². The number of ketones is 1. The van der Waals surface area contributed by atoms with Crippen molar-refractivity contribution >= 4 is 11.9 Å². The van der Waals surface area contributed by atoms with Crippen molar-refractivity contribution in [1.29, 1.82) is 0 Å². The lowest BCUT2D eigenvalue weighted by atomic mass is 10.1. The largest absolute Gasteiger partial charge is 0.489 e. The van der Waals surface area contributed by atoms with E-state index in [2.05, 4.69) is 0 Å². The first-order chi connectivity index (χ1) is 13.8. The number of hydrogen-bond donors (Lipinski definition) is 0. The first-order valence-electron chi connectivity index (χ1n) is 8.91. The molecule has 2 aliphatic rings. The van der Waals surface area contributed by atoms with Crippen molar-refractivity contribution in [3.63, 3.8) is 0 Å². The van der Waals surface area contributed by atoms with E-state index in [4.69, 9.17) is 18.9 Å². The molecule has 0 N–H and O–H groups in total. The molecule has 0 atom stereocenters. The van der Waals surface area contributed by atoms with Crippen molar-refractivity contribution in [3.05, 3.63) is 89.2 Å². The fraction of sp³-hybridized carbons (Fsp3) is 0.0870. The molecule has 0 bridgehead atoms. The molecule has 0 spiro atoms. The fourth-order valence-electron chi connectivity index (χ4n) is 3.15. The Morgan fingerprint density at radius 1 is 0.893 bits per heavy atom. The molecular weight excluding hydrogens is 356 g/mol. The molecule has 2 heterocycles. The lowest BCUT2D eigenvalue weighted by Gasteiger charge is -2.07. The van der Waals surface area contributed by atoms with E-state index in [0.717, 1.165) is 11.1 Å². The van der Waals surface area contributed by atoms with Gasteiger partial charge in [0.25, 0.3) is 0 Å². The Morgan fingerprint density at radius 3 is 2.64 bits per heavy atom. The molecule has 3 aromatic rings. The van der Waals surface area contributed by atoms with Crippen LogP contribution in [0.2, 0.25) is 0 Å². The highest BCUT2D eigenvalue weighted by atomic mass is 16.7. The molecule has 0 aromatic heterocycles. The molecule has 5 nitrogen and oxygen atoms in total. The predicted molar refractivity (Wildman–Crippen MR) is 103 cm³/mol. The van der Waals surface area contributed by atoms with Gasteiger partial charge in [-0.3, -0.25) is 4.79 Å². The first kappa shape index (κ1) is 16.4. The van der Waals surface area contributed by atoms with Crippen LogP contribution in [0.4, 0.5) is 0 Å². The Bertz CT molecular complexity index is 1090. The van der Waals surface area contributed by atoms with Crippen molar-refractivity contribution in [2.24, 2.45) is 0 Å². The van der Waals surface area contributed by atoms with Gasteiger partial charge in [-0.2, -0.15) is 0 Å². The number of rotatable bonds is 4. The molecule has 0 amide bonds. The molecule has 3 aromatic carbocycles. The van der Waals surface area contributed by atoms with Crippen LogP contribution < -0.4 is 18.9 Å². The Hall–Kier alpha value is -3.73. The van der Waals surface area contributed by atoms with Gasteiger partial charge < -0.3 is 18.9 Å². The van der Waals surface area contributed by atoms with Crippen LogP contribution in [0.25, 0.3) is 6.08 Å². The van der Waals surface area contributed by atoms with E-state index in [1.54, 1.807) is 24.3 Å². The zero-order chi connectivity index (χ0) is 18.9. The maximum absolute atomic E-state index is 12.6. The molecule has 0 saturated heterocycles. The van der Waals surface area contributed by atoms with E-state index >= 15 is 0 Å². The number of fused-ring (bicyclic) bond motifs is 2. The monoisotopic (exact) mass is 372 g/mol. The van der Waals surface area contributed by atoms with Gasteiger partial charge >= 0.3 is 0 Å². The van der Waals surface area contributed by atoms with Crippen molar-refractivity contribution in [2.45, 2.75) is 6.61 Å². The van der Waals surface area contributed by atoms with Crippen molar-refractivity contribution < 1.29 is 23.7 Å². The highest BCUT2D eigenvalue weighted by Gasteiger charge is 2.28. The second-order valence-corrected chi connectivity index (χ2v) is 6.48. The van der Waals surface area contributed by atoms with Crippen LogP contribution in [-0.2, 0) is 6.61 Å². The van der Waals surface area contributed by atoms with E-state index in [-0.39, 0.29) is 18.3 Å². The molecule has 0 radical (unpaired) electrons. The summed E-state index contributed by atoms with van der Waals surface area (Å²) in [6.07, 6.45) is 1.70. The molecule has 5 rings (SSSR count). The van der Waals surface area contributed by atoms with Gasteiger partial charge in [0.1, 0.15) is 18.1 Å². The van der Waals surface area contributed by atoms with Crippen LogP contribution in [0.1, 0.15) is 21.5 Å². The molecule has 0 aliphatic carbocycles. The number of carbonyl (C=O) groups is 1. The Kier molecular flexibility index (Phi) is 3.98. The lowest BCUT2D eigenvalue weighted by molar-refractivity contribution is 0.101.